The van der Waals surface area contributed by atoms with Gasteiger partial charge in [-0.1, -0.05) is 13.8 Å². The zero-order chi connectivity index (χ0) is 15.4. The van der Waals surface area contributed by atoms with Gasteiger partial charge >= 0.3 is 0 Å². The van der Waals surface area contributed by atoms with Gasteiger partial charge in [0.25, 0.3) is 5.91 Å². The summed E-state index contributed by atoms with van der Waals surface area (Å²) in [4.78, 5) is 18.8. The number of nitrogens with one attached hydrogen (secondary N) is 1. The van der Waals surface area contributed by atoms with E-state index in [1.54, 1.807) is 11.1 Å². The van der Waals surface area contributed by atoms with E-state index in [1.165, 1.54) is 0 Å². The number of amides is 1. The SMILES string of the molecule is CCCNc1cc(C)ncc1C(=O)N1CCC(C)C1CO. The van der Waals surface area contributed by atoms with Crippen LogP contribution in [0.5, 0.6) is 0 Å². The molecule has 0 radical (unpaired) electrons. The highest BCUT2D eigenvalue weighted by Gasteiger charge is 2.35. The summed E-state index contributed by atoms with van der Waals surface area (Å²) in [5.41, 5.74) is 2.32. The van der Waals surface area contributed by atoms with E-state index in [9.17, 15) is 9.90 Å². The molecular formula is C16H25N3O2. The number of hydrogen-bond acceptors (Lipinski definition) is 4. The van der Waals surface area contributed by atoms with Gasteiger partial charge < -0.3 is 15.3 Å². The molecule has 2 unspecified atom stereocenters. The summed E-state index contributed by atoms with van der Waals surface area (Å²) >= 11 is 0. The summed E-state index contributed by atoms with van der Waals surface area (Å²) in [6.45, 7) is 7.63. The minimum absolute atomic E-state index is 0.0178. The molecule has 0 bridgehead atoms. The number of aliphatic hydroxyl groups is 1. The molecule has 1 saturated heterocycles. The molecule has 1 aliphatic rings. The number of carbonyl (C=O) groups is 1. The van der Waals surface area contributed by atoms with Gasteiger partial charge in [0.05, 0.1) is 23.9 Å². The Bertz CT molecular complexity index is 504. The van der Waals surface area contributed by atoms with Crippen molar-refractivity contribution in [1.29, 1.82) is 0 Å². The van der Waals surface area contributed by atoms with Crippen molar-refractivity contribution in [3.8, 4) is 0 Å². The summed E-state index contributed by atoms with van der Waals surface area (Å²) in [6, 6.07) is 1.83. The van der Waals surface area contributed by atoms with Crippen molar-refractivity contribution in [1.82, 2.24) is 9.88 Å². The highest BCUT2D eigenvalue weighted by Crippen LogP contribution is 2.27. The van der Waals surface area contributed by atoms with Gasteiger partial charge in [0.15, 0.2) is 0 Å². The van der Waals surface area contributed by atoms with Crippen LogP contribution in [0.2, 0.25) is 0 Å². The summed E-state index contributed by atoms with van der Waals surface area (Å²) in [5.74, 6) is 0.300. The number of carbonyl (C=O) groups excluding carboxylic acids is 1. The van der Waals surface area contributed by atoms with E-state index in [-0.39, 0.29) is 18.6 Å². The molecule has 2 N–H and O–H groups in total. The Hall–Kier alpha value is -1.62. The average Bonchev–Trinajstić information content (AvgIpc) is 2.85. The molecule has 0 saturated carbocycles. The first-order chi connectivity index (χ1) is 10.1. The number of nitrogens with zero attached hydrogens (tertiary/aromatic N) is 2. The summed E-state index contributed by atoms with van der Waals surface area (Å²) < 4.78 is 0. The highest BCUT2D eigenvalue weighted by atomic mass is 16.3. The van der Waals surface area contributed by atoms with E-state index in [4.69, 9.17) is 0 Å². The van der Waals surface area contributed by atoms with Crippen molar-refractivity contribution in [2.24, 2.45) is 5.92 Å². The number of pyridine rings is 1. The van der Waals surface area contributed by atoms with Crippen molar-refractivity contribution in [3.05, 3.63) is 23.5 Å². The third-order valence-electron chi connectivity index (χ3n) is 4.17. The molecule has 116 valence electrons. The van der Waals surface area contributed by atoms with Crippen LogP contribution in [0.15, 0.2) is 12.3 Å². The zero-order valence-corrected chi connectivity index (χ0v) is 13.1. The lowest BCUT2D eigenvalue weighted by Crippen LogP contribution is -2.40. The van der Waals surface area contributed by atoms with Gasteiger partial charge in [-0.25, -0.2) is 0 Å². The summed E-state index contributed by atoms with van der Waals surface area (Å²) in [5, 5.41) is 12.8. The maximum Gasteiger partial charge on any atom is 0.257 e. The Balaban J connectivity index is 2.26. The van der Waals surface area contributed by atoms with Crippen LogP contribution in [0.4, 0.5) is 5.69 Å². The molecule has 1 aliphatic heterocycles. The fourth-order valence-corrected chi connectivity index (χ4v) is 2.83. The molecule has 1 aromatic heterocycles. The Morgan fingerprint density at radius 2 is 2.33 bits per heavy atom. The van der Waals surface area contributed by atoms with Crippen LogP contribution >= 0.6 is 0 Å². The number of rotatable bonds is 5. The second-order valence-corrected chi connectivity index (χ2v) is 5.81. The van der Waals surface area contributed by atoms with Crippen LogP contribution < -0.4 is 5.32 Å². The average molecular weight is 291 g/mol. The van der Waals surface area contributed by atoms with Crippen molar-refractivity contribution in [2.75, 3.05) is 25.0 Å². The summed E-state index contributed by atoms with van der Waals surface area (Å²) in [7, 11) is 0. The van der Waals surface area contributed by atoms with Crippen LogP contribution in [0, 0.1) is 12.8 Å². The van der Waals surface area contributed by atoms with Crippen LogP contribution in [0.1, 0.15) is 42.7 Å². The van der Waals surface area contributed by atoms with Gasteiger partial charge in [0.1, 0.15) is 0 Å². The number of anilines is 1. The first-order valence-electron chi connectivity index (χ1n) is 7.70. The van der Waals surface area contributed by atoms with E-state index < -0.39 is 0 Å². The van der Waals surface area contributed by atoms with Crippen molar-refractivity contribution in [3.63, 3.8) is 0 Å². The minimum atomic E-state index is -0.0853. The molecule has 2 atom stereocenters. The van der Waals surface area contributed by atoms with Crippen LogP contribution in [0.3, 0.4) is 0 Å². The highest BCUT2D eigenvalue weighted by molar-refractivity contribution is 5.99. The van der Waals surface area contributed by atoms with Gasteiger partial charge in [-0.05, 0) is 31.7 Å². The number of aromatic nitrogens is 1. The van der Waals surface area contributed by atoms with Crippen molar-refractivity contribution in [2.45, 2.75) is 39.7 Å². The second kappa shape index (κ2) is 6.89. The third kappa shape index (κ3) is 3.35. The number of hydrogen-bond donors (Lipinski definition) is 2. The lowest BCUT2D eigenvalue weighted by atomic mass is 10.0. The largest absolute Gasteiger partial charge is 0.394 e. The second-order valence-electron chi connectivity index (χ2n) is 5.81. The predicted octanol–water partition coefficient (Wildman–Crippen LogP) is 2.05. The predicted molar refractivity (Wildman–Crippen MR) is 83.4 cm³/mol. The lowest BCUT2D eigenvalue weighted by Gasteiger charge is -2.26. The van der Waals surface area contributed by atoms with Crippen molar-refractivity contribution < 1.29 is 9.90 Å². The molecule has 21 heavy (non-hydrogen) atoms. The molecule has 5 nitrogen and oxygen atoms in total. The molecule has 1 aromatic rings. The van der Waals surface area contributed by atoms with Crippen molar-refractivity contribution >= 4 is 11.6 Å². The Morgan fingerprint density at radius 1 is 1.57 bits per heavy atom. The Labute approximate surface area is 126 Å². The molecule has 2 heterocycles. The van der Waals surface area contributed by atoms with Crippen LogP contribution in [-0.2, 0) is 0 Å². The molecule has 0 aromatic carbocycles. The van der Waals surface area contributed by atoms with Gasteiger partial charge in [-0.15, -0.1) is 0 Å². The van der Waals surface area contributed by atoms with E-state index >= 15 is 0 Å². The van der Waals surface area contributed by atoms with E-state index in [0.717, 1.165) is 30.8 Å². The number of aryl methyl sites for hydroxylation is 1. The smallest absolute Gasteiger partial charge is 0.257 e. The normalized spacial score (nSPS) is 21.6. The first-order valence-corrected chi connectivity index (χ1v) is 7.70. The zero-order valence-electron chi connectivity index (χ0n) is 13.1. The molecule has 0 aliphatic carbocycles. The van der Waals surface area contributed by atoms with Gasteiger partial charge in [-0.3, -0.25) is 9.78 Å². The Kier molecular flexibility index (Phi) is 5.17. The molecule has 5 heteroatoms. The maximum absolute atomic E-state index is 12.8. The van der Waals surface area contributed by atoms with Crippen LogP contribution in [0.25, 0.3) is 0 Å². The van der Waals surface area contributed by atoms with Gasteiger partial charge in [0, 0.05) is 25.0 Å². The van der Waals surface area contributed by atoms with Gasteiger partial charge in [0.2, 0.25) is 0 Å². The maximum atomic E-state index is 12.8. The van der Waals surface area contributed by atoms with Gasteiger partial charge in [-0.2, -0.15) is 0 Å². The fourth-order valence-electron chi connectivity index (χ4n) is 2.83. The summed E-state index contributed by atoms with van der Waals surface area (Å²) in [6.07, 6.45) is 3.58. The minimum Gasteiger partial charge on any atom is -0.394 e. The third-order valence-corrected chi connectivity index (χ3v) is 4.17. The Morgan fingerprint density at radius 3 is 3.00 bits per heavy atom. The lowest BCUT2D eigenvalue weighted by molar-refractivity contribution is 0.0648. The number of aliphatic hydroxyl groups excluding tert-OH is 1. The van der Waals surface area contributed by atoms with E-state index in [1.807, 2.05) is 13.0 Å². The molecule has 2 rings (SSSR count). The monoisotopic (exact) mass is 291 g/mol. The standard InChI is InChI=1S/C16H25N3O2/c1-4-6-17-14-8-12(3)18-9-13(14)16(21)19-7-5-11(2)15(19)10-20/h8-9,11,15,20H,4-7,10H2,1-3H3,(H,17,18). The van der Waals surface area contributed by atoms with E-state index in [2.05, 4.69) is 24.1 Å². The molecule has 1 amide bonds. The van der Waals surface area contributed by atoms with E-state index in [0.29, 0.717) is 18.0 Å². The number of likely N-dealkylation sites (tertiary alicyclic amines) is 1. The van der Waals surface area contributed by atoms with Crippen LogP contribution in [-0.4, -0.2) is 46.6 Å². The topological polar surface area (TPSA) is 65.5 Å². The first kappa shape index (κ1) is 15.8. The molecule has 0 spiro atoms. The molecule has 1 fully saturated rings. The quantitative estimate of drug-likeness (QED) is 0.871. The fraction of sp³-hybridized carbons (Fsp3) is 0.625. The molecular weight excluding hydrogens is 266 g/mol.